The lowest BCUT2D eigenvalue weighted by atomic mass is 10.00. The molecule has 160 valence electrons. The molecule has 0 saturated carbocycles. The van der Waals surface area contributed by atoms with Crippen LogP contribution in [0.4, 0.5) is 5.69 Å². The maximum atomic E-state index is 13.4. The zero-order valence-corrected chi connectivity index (χ0v) is 19.0. The molecule has 31 heavy (non-hydrogen) atoms. The minimum atomic E-state index is -3.85. The number of hydrogen-bond donors (Lipinski definition) is 1. The van der Waals surface area contributed by atoms with Crippen molar-refractivity contribution in [3.63, 3.8) is 0 Å². The van der Waals surface area contributed by atoms with Crippen molar-refractivity contribution < 1.29 is 13.2 Å². The Bertz CT molecular complexity index is 1280. The van der Waals surface area contributed by atoms with E-state index in [1.165, 1.54) is 4.31 Å². The molecule has 0 aliphatic carbocycles. The second-order valence-electron chi connectivity index (χ2n) is 8.18. The van der Waals surface area contributed by atoms with Crippen molar-refractivity contribution in [3.8, 4) is 11.1 Å². The summed E-state index contributed by atoms with van der Waals surface area (Å²) in [5.74, 6) is -0.345. The van der Waals surface area contributed by atoms with Crippen LogP contribution in [0, 0.1) is 20.8 Å². The molecule has 3 aromatic rings. The Labute approximate surface area is 183 Å². The van der Waals surface area contributed by atoms with E-state index in [1.54, 1.807) is 18.2 Å². The molecule has 1 N–H and O–H groups in total. The maximum absolute atomic E-state index is 13.4. The summed E-state index contributed by atoms with van der Waals surface area (Å²) >= 11 is 0. The van der Waals surface area contributed by atoms with Crippen molar-refractivity contribution in [3.05, 3.63) is 82.9 Å². The van der Waals surface area contributed by atoms with E-state index in [4.69, 9.17) is 0 Å². The van der Waals surface area contributed by atoms with Gasteiger partial charge in [-0.05, 0) is 57.0 Å². The number of nitrogens with one attached hydrogen (secondary N) is 1. The summed E-state index contributed by atoms with van der Waals surface area (Å²) in [6, 6.07) is 18.4. The first-order valence-corrected chi connectivity index (χ1v) is 11.7. The highest BCUT2D eigenvalue weighted by Crippen LogP contribution is 2.43. The van der Waals surface area contributed by atoms with E-state index in [0.717, 1.165) is 27.8 Å². The van der Waals surface area contributed by atoms with Gasteiger partial charge in [0.1, 0.15) is 6.54 Å². The first-order chi connectivity index (χ1) is 14.7. The van der Waals surface area contributed by atoms with Crippen LogP contribution in [-0.4, -0.2) is 20.9 Å². The Kier molecular flexibility index (Phi) is 5.35. The van der Waals surface area contributed by atoms with Gasteiger partial charge in [0.2, 0.25) is 5.91 Å². The third kappa shape index (κ3) is 3.83. The molecule has 0 radical (unpaired) electrons. The summed E-state index contributed by atoms with van der Waals surface area (Å²) in [5, 5.41) is 2.96. The zero-order valence-electron chi connectivity index (χ0n) is 18.1. The smallest absolute Gasteiger partial charge is 0.265 e. The summed E-state index contributed by atoms with van der Waals surface area (Å²) in [7, 11) is -3.85. The van der Waals surface area contributed by atoms with Gasteiger partial charge in [0, 0.05) is 11.1 Å². The van der Waals surface area contributed by atoms with Gasteiger partial charge in [-0.25, -0.2) is 8.42 Å². The van der Waals surface area contributed by atoms with Gasteiger partial charge >= 0.3 is 0 Å². The van der Waals surface area contributed by atoms with Crippen molar-refractivity contribution >= 4 is 21.6 Å². The van der Waals surface area contributed by atoms with Gasteiger partial charge in [0.25, 0.3) is 10.0 Å². The van der Waals surface area contributed by atoms with Crippen molar-refractivity contribution in [2.24, 2.45) is 0 Å². The molecule has 0 unspecified atom stereocenters. The molecule has 4 rings (SSSR count). The number of benzene rings is 3. The minimum Gasteiger partial charge on any atom is -0.348 e. The Morgan fingerprint density at radius 1 is 0.935 bits per heavy atom. The van der Waals surface area contributed by atoms with Crippen LogP contribution in [0.5, 0.6) is 0 Å². The lowest BCUT2D eigenvalue weighted by Crippen LogP contribution is -2.43. The number of carbonyl (C=O) groups excluding carboxylic acids is 1. The second-order valence-corrected chi connectivity index (χ2v) is 10.0. The molecule has 1 aliphatic heterocycles. The maximum Gasteiger partial charge on any atom is 0.265 e. The number of hydrogen-bond acceptors (Lipinski definition) is 3. The number of carbonyl (C=O) groups is 1. The lowest BCUT2D eigenvalue weighted by Gasteiger charge is -2.32. The van der Waals surface area contributed by atoms with Crippen LogP contribution in [0.15, 0.2) is 65.6 Å². The number of rotatable bonds is 4. The molecule has 0 saturated heterocycles. The largest absolute Gasteiger partial charge is 0.348 e. The topological polar surface area (TPSA) is 66.5 Å². The molecule has 1 heterocycles. The number of sulfonamides is 1. The number of aryl methyl sites for hydroxylation is 3. The van der Waals surface area contributed by atoms with Crippen LogP contribution < -0.4 is 9.62 Å². The van der Waals surface area contributed by atoms with Gasteiger partial charge < -0.3 is 5.32 Å². The molecular formula is C25H26N2O3S. The van der Waals surface area contributed by atoms with Gasteiger partial charge in [-0.1, -0.05) is 53.6 Å². The Balaban J connectivity index is 1.66. The third-order valence-corrected chi connectivity index (χ3v) is 7.54. The minimum absolute atomic E-state index is 0.225. The first kappa shape index (κ1) is 21.1. The van der Waals surface area contributed by atoms with Gasteiger partial charge in [0.05, 0.1) is 16.6 Å². The van der Waals surface area contributed by atoms with Crippen molar-refractivity contribution in [2.75, 3.05) is 10.8 Å². The fourth-order valence-corrected chi connectivity index (χ4v) is 5.87. The number of nitrogens with zero attached hydrogens (tertiary/aromatic N) is 1. The Morgan fingerprint density at radius 3 is 2.35 bits per heavy atom. The van der Waals surface area contributed by atoms with Crippen LogP contribution in [0.1, 0.15) is 35.2 Å². The molecule has 0 bridgehead atoms. The zero-order chi connectivity index (χ0) is 22.3. The third-order valence-electron chi connectivity index (χ3n) is 5.72. The van der Waals surface area contributed by atoms with E-state index in [2.05, 4.69) is 11.4 Å². The summed E-state index contributed by atoms with van der Waals surface area (Å²) in [4.78, 5) is 13.2. The molecule has 1 atom stereocenters. The average Bonchev–Trinajstić information content (AvgIpc) is 2.71. The van der Waals surface area contributed by atoms with E-state index in [1.807, 2.05) is 64.1 Å². The highest BCUT2D eigenvalue weighted by molar-refractivity contribution is 7.93. The van der Waals surface area contributed by atoms with Crippen LogP contribution in [-0.2, 0) is 14.8 Å². The number of anilines is 1. The molecule has 1 amide bonds. The number of amides is 1. The highest BCUT2D eigenvalue weighted by Gasteiger charge is 2.36. The SMILES string of the molecule is Cc1ccc([C@@H](C)NC(=O)CN2c3ccc(C)cc3-c3ccccc3S2(=O)=O)c(C)c1. The first-order valence-electron chi connectivity index (χ1n) is 10.3. The van der Waals surface area contributed by atoms with Gasteiger partial charge in [-0.15, -0.1) is 0 Å². The predicted molar refractivity (Wildman–Crippen MR) is 124 cm³/mol. The fraction of sp³-hybridized carbons (Fsp3) is 0.240. The van der Waals surface area contributed by atoms with E-state index in [9.17, 15) is 13.2 Å². The van der Waals surface area contributed by atoms with Gasteiger partial charge in [0.15, 0.2) is 0 Å². The van der Waals surface area contributed by atoms with Crippen LogP contribution >= 0.6 is 0 Å². The Hall–Kier alpha value is -3.12. The van der Waals surface area contributed by atoms with Crippen LogP contribution in [0.2, 0.25) is 0 Å². The van der Waals surface area contributed by atoms with E-state index in [0.29, 0.717) is 11.3 Å². The van der Waals surface area contributed by atoms with Crippen molar-refractivity contribution in [1.29, 1.82) is 0 Å². The molecule has 0 aromatic heterocycles. The van der Waals surface area contributed by atoms with Crippen LogP contribution in [0.3, 0.4) is 0 Å². The predicted octanol–water partition coefficient (Wildman–Crippen LogP) is 4.66. The van der Waals surface area contributed by atoms with E-state index in [-0.39, 0.29) is 23.4 Å². The Morgan fingerprint density at radius 2 is 1.61 bits per heavy atom. The standard InChI is InChI=1S/C25H26N2O3S/c1-16-9-11-20(18(3)13-16)19(4)26-25(28)15-27-23-12-10-17(2)14-22(23)21-7-5-6-8-24(21)31(27,29)30/h5-14,19H,15H2,1-4H3,(H,26,28)/t19-/m1/s1. The molecule has 6 heteroatoms. The van der Waals surface area contributed by atoms with Crippen molar-refractivity contribution in [1.82, 2.24) is 5.32 Å². The van der Waals surface area contributed by atoms with E-state index < -0.39 is 10.0 Å². The summed E-state index contributed by atoms with van der Waals surface area (Å²) in [6.45, 7) is 7.64. The quantitative estimate of drug-likeness (QED) is 0.649. The molecule has 3 aromatic carbocycles. The molecule has 0 fully saturated rings. The summed E-state index contributed by atoms with van der Waals surface area (Å²) in [5.41, 5.74) is 6.31. The van der Waals surface area contributed by atoms with Gasteiger partial charge in [-0.3, -0.25) is 9.10 Å². The van der Waals surface area contributed by atoms with Gasteiger partial charge in [-0.2, -0.15) is 0 Å². The van der Waals surface area contributed by atoms with Crippen molar-refractivity contribution in [2.45, 2.75) is 38.6 Å². The summed E-state index contributed by atoms with van der Waals surface area (Å²) < 4.78 is 28.0. The van der Waals surface area contributed by atoms with E-state index >= 15 is 0 Å². The second kappa shape index (κ2) is 7.85. The molecule has 0 spiro atoms. The number of fused-ring (bicyclic) bond motifs is 3. The molecular weight excluding hydrogens is 408 g/mol. The highest BCUT2D eigenvalue weighted by atomic mass is 32.2. The molecule has 1 aliphatic rings. The normalized spacial score (nSPS) is 15.0. The fourth-order valence-electron chi connectivity index (χ4n) is 4.22. The summed E-state index contributed by atoms with van der Waals surface area (Å²) in [6.07, 6.45) is 0. The lowest BCUT2D eigenvalue weighted by molar-refractivity contribution is -0.120. The van der Waals surface area contributed by atoms with Crippen LogP contribution in [0.25, 0.3) is 11.1 Å². The molecule has 5 nitrogen and oxygen atoms in total. The monoisotopic (exact) mass is 434 g/mol. The average molecular weight is 435 g/mol.